The second-order valence-corrected chi connectivity index (χ2v) is 21.3. The van der Waals surface area contributed by atoms with Gasteiger partial charge >= 0.3 is 23.9 Å². The van der Waals surface area contributed by atoms with E-state index in [1.165, 1.54) is 122 Å². The maximum Gasteiger partial charge on any atom is 0.335 e. The average Bonchev–Trinajstić information content (AvgIpc) is 3.39. The van der Waals surface area contributed by atoms with Crippen molar-refractivity contribution >= 4 is 23.9 Å². The third kappa shape index (κ3) is 41.7. The van der Waals surface area contributed by atoms with Crippen molar-refractivity contribution in [3.8, 4) is 0 Å². The zero-order valence-corrected chi connectivity index (χ0v) is 48.1. The Morgan fingerprint density at radius 1 is 0.440 bits per heavy atom. The van der Waals surface area contributed by atoms with Crippen LogP contribution in [0.3, 0.4) is 0 Å². The summed E-state index contributed by atoms with van der Waals surface area (Å²) >= 11 is 0. The minimum atomic E-state index is -1.91. The number of aliphatic hydroxyl groups is 2. The van der Waals surface area contributed by atoms with Crippen LogP contribution in [-0.2, 0) is 42.9 Å². The highest BCUT2D eigenvalue weighted by Crippen LogP contribution is 2.27. The van der Waals surface area contributed by atoms with Crippen LogP contribution >= 0.6 is 0 Å². The highest BCUT2D eigenvalue weighted by atomic mass is 16.7. The summed E-state index contributed by atoms with van der Waals surface area (Å²) in [6.07, 6.45) is 48.3. The van der Waals surface area contributed by atoms with Gasteiger partial charge in [-0.25, -0.2) is 4.79 Å². The van der Waals surface area contributed by atoms with Gasteiger partial charge in [-0.1, -0.05) is 237 Å². The lowest BCUT2D eigenvalue weighted by molar-refractivity contribution is -0.301. The van der Waals surface area contributed by atoms with E-state index in [1.54, 1.807) is 0 Å². The number of hydrogen-bond donors (Lipinski definition) is 3. The molecule has 1 heterocycles. The highest BCUT2D eigenvalue weighted by molar-refractivity contribution is 5.74. The van der Waals surface area contributed by atoms with Crippen LogP contribution in [0.1, 0.15) is 290 Å². The first kappa shape index (κ1) is 70.0. The molecule has 12 nitrogen and oxygen atoms in total. The molecule has 0 spiro atoms. The standard InChI is InChI=1S/C63H112O12/c1-4-7-10-13-16-19-22-25-26-27-28-29-30-33-34-37-40-43-46-49-55(64)71-52-54(73-56(65)50-47-44-41-38-35-31-23-20-17-14-11-8-5-2)53-72-63-61(59(68)58(67)60(75-63)62(69)70)74-57(66)51-48-45-42-39-36-32-24-21-18-15-12-9-6-3/h12,15,20-21,23-24,54,58-61,63,67-68H,4-11,13-14,16-19,22,25-53H2,1-3H3,(H,69,70)/b15-12-,23-20-,24-21-. The summed E-state index contributed by atoms with van der Waals surface area (Å²) in [6.45, 7) is 5.93. The van der Waals surface area contributed by atoms with Crippen molar-refractivity contribution in [1.29, 1.82) is 0 Å². The van der Waals surface area contributed by atoms with Gasteiger partial charge in [0.15, 0.2) is 24.6 Å². The number of unbranched alkanes of at least 4 members (excludes halogenated alkanes) is 33. The zero-order valence-electron chi connectivity index (χ0n) is 48.1. The number of aliphatic carboxylic acids is 1. The molecule has 1 aliphatic rings. The Morgan fingerprint density at radius 2 is 0.827 bits per heavy atom. The Balaban J connectivity index is 2.65. The summed E-state index contributed by atoms with van der Waals surface area (Å²) in [5.74, 6) is -3.12. The van der Waals surface area contributed by atoms with E-state index < -0.39 is 67.3 Å². The van der Waals surface area contributed by atoms with E-state index in [4.69, 9.17) is 23.7 Å². The van der Waals surface area contributed by atoms with Gasteiger partial charge in [-0.3, -0.25) is 14.4 Å². The number of carboxylic acids is 1. The van der Waals surface area contributed by atoms with E-state index in [-0.39, 0.29) is 25.9 Å². The molecule has 0 aromatic rings. The highest BCUT2D eigenvalue weighted by Gasteiger charge is 2.50. The Labute approximate surface area is 457 Å². The monoisotopic (exact) mass is 1060 g/mol. The lowest BCUT2D eigenvalue weighted by Gasteiger charge is -2.40. The van der Waals surface area contributed by atoms with E-state index in [9.17, 15) is 34.5 Å². The van der Waals surface area contributed by atoms with Crippen LogP contribution < -0.4 is 0 Å². The molecule has 12 heteroatoms. The van der Waals surface area contributed by atoms with E-state index in [0.29, 0.717) is 19.3 Å². The third-order valence-corrected chi connectivity index (χ3v) is 14.2. The van der Waals surface area contributed by atoms with Gasteiger partial charge in [0.1, 0.15) is 18.8 Å². The molecule has 0 radical (unpaired) electrons. The number of carboxylic acid groups (broad SMARTS) is 1. The van der Waals surface area contributed by atoms with Crippen LogP contribution in [-0.4, -0.2) is 89.2 Å². The van der Waals surface area contributed by atoms with Crippen molar-refractivity contribution in [2.45, 2.75) is 327 Å². The molecule has 0 amide bonds. The van der Waals surface area contributed by atoms with Crippen LogP contribution in [0.5, 0.6) is 0 Å². The molecule has 0 aromatic carbocycles. The van der Waals surface area contributed by atoms with Gasteiger partial charge in [0.05, 0.1) is 6.61 Å². The Kier molecular flexibility index (Phi) is 48.2. The normalized spacial score (nSPS) is 18.3. The van der Waals surface area contributed by atoms with Gasteiger partial charge < -0.3 is 39.0 Å². The van der Waals surface area contributed by atoms with E-state index in [2.05, 4.69) is 57.2 Å². The van der Waals surface area contributed by atoms with Crippen molar-refractivity contribution in [3.63, 3.8) is 0 Å². The van der Waals surface area contributed by atoms with Crippen LogP contribution in [0.4, 0.5) is 0 Å². The first-order chi connectivity index (χ1) is 36.6. The minimum Gasteiger partial charge on any atom is -0.479 e. The van der Waals surface area contributed by atoms with Crippen molar-refractivity contribution in [2.24, 2.45) is 0 Å². The topological polar surface area (TPSA) is 175 Å². The van der Waals surface area contributed by atoms with Gasteiger partial charge in [-0.15, -0.1) is 0 Å². The number of esters is 3. The maximum atomic E-state index is 13.1. The summed E-state index contributed by atoms with van der Waals surface area (Å²) in [5.41, 5.74) is 0. The molecule has 436 valence electrons. The van der Waals surface area contributed by atoms with E-state index in [1.807, 2.05) is 0 Å². The summed E-state index contributed by atoms with van der Waals surface area (Å²) in [4.78, 5) is 51.1. The number of carbonyl (C=O) groups is 4. The van der Waals surface area contributed by atoms with Crippen molar-refractivity contribution < 1.29 is 58.2 Å². The molecule has 1 saturated heterocycles. The predicted molar refractivity (Wildman–Crippen MR) is 303 cm³/mol. The number of hydrogen-bond acceptors (Lipinski definition) is 11. The quantitative estimate of drug-likeness (QED) is 0.0228. The number of carbonyl (C=O) groups excluding carboxylic acids is 3. The van der Waals surface area contributed by atoms with Crippen molar-refractivity contribution in [2.75, 3.05) is 13.2 Å². The Morgan fingerprint density at radius 3 is 1.28 bits per heavy atom. The Hall–Kier alpha value is -3.06. The van der Waals surface area contributed by atoms with Crippen molar-refractivity contribution in [1.82, 2.24) is 0 Å². The van der Waals surface area contributed by atoms with Crippen LogP contribution in [0.2, 0.25) is 0 Å². The number of ether oxygens (including phenoxy) is 5. The summed E-state index contributed by atoms with van der Waals surface area (Å²) < 4.78 is 28.4. The minimum absolute atomic E-state index is 0.0460. The Bertz CT molecular complexity index is 1450. The second kappa shape index (κ2) is 51.7. The number of allylic oxidation sites excluding steroid dienone is 6. The molecule has 0 aromatic heterocycles. The lowest BCUT2D eigenvalue weighted by atomic mass is 9.98. The fourth-order valence-corrected chi connectivity index (χ4v) is 9.40. The van der Waals surface area contributed by atoms with Crippen LogP contribution in [0.25, 0.3) is 0 Å². The maximum absolute atomic E-state index is 13.1. The van der Waals surface area contributed by atoms with Crippen LogP contribution in [0.15, 0.2) is 36.5 Å². The van der Waals surface area contributed by atoms with Crippen molar-refractivity contribution in [3.05, 3.63) is 36.5 Å². The van der Waals surface area contributed by atoms with Crippen LogP contribution in [0, 0.1) is 0 Å². The molecule has 3 N–H and O–H groups in total. The smallest absolute Gasteiger partial charge is 0.335 e. The third-order valence-electron chi connectivity index (χ3n) is 14.2. The zero-order chi connectivity index (χ0) is 54.7. The molecule has 6 atom stereocenters. The molecule has 0 bridgehead atoms. The average molecular weight is 1060 g/mol. The van der Waals surface area contributed by atoms with Gasteiger partial charge in [0.25, 0.3) is 0 Å². The first-order valence-electron chi connectivity index (χ1n) is 31.0. The van der Waals surface area contributed by atoms with E-state index in [0.717, 1.165) is 109 Å². The largest absolute Gasteiger partial charge is 0.479 e. The molecular weight excluding hydrogens is 949 g/mol. The molecule has 1 aliphatic heterocycles. The predicted octanol–water partition coefficient (Wildman–Crippen LogP) is 16.0. The van der Waals surface area contributed by atoms with Gasteiger partial charge in [-0.05, 0) is 70.6 Å². The van der Waals surface area contributed by atoms with Gasteiger partial charge in [0, 0.05) is 19.3 Å². The number of aliphatic hydroxyl groups excluding tert-OH is 2. The van der Waals surface area contributed by atoms with E-state index >= 15 is 0 Å². The summed E-state index contributed by atoms with van der Waals surface area (Å²) in [6, 6.07) is 0. The molecule has 0 aliphatic carbocycles. The fraction of sp³-hybridized carbons (Fsp3) is 0.841. The molecule has 75 heavy (non-hydrogen) atoms. The fourth-order valence-electron chi connectivity index (χ4n) is 9.40. The molecule has 6 unspecified atom stereocenters. The van der Waals surface area contributed by atoms with Gasteiger partial charge in [-0.2, -0.15) is 0 Å². The molecule has 1 rings (SSSR count). The first-order valence-corrected chi connectivity index (χ1v) is 31.0. The SMILES string of the molecule is CCC/C=C\C/C=C\CCCCCCCC(=O)OC1C(OCC(COC(=O)CCCCCCCCCCCCCCCCCCCCC)OC(=O)CCCCCCC/C=C\CCCCCC)OC(C(=O)O)C(O)C1O. The summed E-state index contributed by atoms with van der Waals surface area (Å²) in [5, 5.41) is 31.5. The molecular formula is C63H112O12. The number of rotatable bonds is 53. The summed E-state index contributed by atoms with van der Waals surface area (Å²) in [7, 11) is 0. The lowest BCUT2D eigenvalue weighted by Crippen LogP contribution is -2.61. The molecule has 0 saturated carbocycles. The molecule has 1 fully saturated rings. The van der Waals surface area contributed by atoms with Gasteiger partial charge in [0.2, 0.25) is 0 Å². The second-order valence-electron chi connectivity index (χ2n) is 21.3.